The average Bonchev–Trinajstić information content (AvgIpc) is 2.53. The second-order valence-electron chi connectivity index (χ2n) is 6.05. The molecule has 0 aromatic heterocycles. The third kappa shape index (κ3) is 3.46. The Hall–Kier alpha value is -1.91. The average molecular weight is 307 g/mol. The molecule has 1 aromatic rings. The quantitative estimate of drug-likeness (QED) is 0.929. The summed E-state index contributed by atoms with van der Waals surface area (Å²) >= 11 is 0. The van der Waals surface area contributed by atoms with Crippen molar-refractivity contribution >= 4 is 11.9 Å². The van der Waals surface area contributed by atoms with Gasteiger partial charge in [-0.3, -0.25) is 9.59 Å². The Balaban J connectivity index is 2.08. The highest BCUT2D eigenvalue weighted by Crippen LogP contribution is 2.32. The van der Waals surface area contributed by atoms with Crippen LogP contribution in [0.25, 0.3) is 0 Å². The van der Waals surface area contributed by atoms with Crippen LogP contribution in [0, 0.1) is 17.7 Å². The van der Waals surface area contributed by atoms with Crippen LogP contribution in [0.3, 0.4) is 0 Å². The molecule has 0 heterocycles. The van der Waals surface area contributed by atoms with E-state index in [9.17, 15) is 14.0 Å². The fourth-order valence-electron chi connectivity index (χ4n) is 3.14. The summed E-state index contributed by atoms with van der Waals surface area (Å²) in [5.74, 6) is -1.99. The van der Waals surface area contributed by atoms with Crippen molar-refractivity contribution in [1.82, 2.24) is 4.90 Å². The van der Waals surface area contributed by atoms with Crippen molar-refractivity contribution in [3.8, 4) is 0 Å². The number of rotatable bonds is 4. The Kier molecular flexibility index (Phi) is 5.16. The number of carbonyl (C=O) groups excluding carboxylic acids is 1. The lowest BCUT2D eigenvalue weighted by atomic mass is 9.80. The van der Waals surface area contributed by atoms with Crippen LogP contribution in [0.15, 0.2) is 24.3 Å². The maximum absolute atomic E-state index is 13.9. The number of aliphatic carboxylic acids is 1. The Morgan fingerprint density at radius 2 is 1.91 bits per heavy atom. The number of carboxylic acids is 1. The lowest BCUT2D eigenvalue weighted by Crippen LogP contribution is -2.38. The van der Waals surface area contributed by atoms with E-state index in [1.165, 1.54) is 11.0 Å². The van der Waals surface area contributed by atoms with Crippen LogP contribution < -0.4 is 0 Å². The lowest BCUT2D eigenvalue weighted by Gasteiger charge is -2.32. The van der Waals surface area contributed by atoms with E-state index in [0.29, 0.717) is 24.8 Å². The first-order valence-electron chi connectivity index (χ1n) is 7.65. The molecular weight excluding hydrogens is 285 g/mol. The molecule has 1 aromatic carbocycles. The summed E-state index contributed by atoms with van der Waals surface area (Å²) in [6.07, 6.45) is 2.46. The minimum absolute atomic E-state index is 0.0956. The van der Waals surface area contributed by atoms with Crippen LogP contribution >= 0.6 is 0 Å². The van der Waals surface area contributed by atoms with Gasteiger partial charge in [-0.05, 0) is 32.3 Å². The standard InChI is InChI=1S/C17H22FNO3/c1-11(14-8-3-4-9-15(14)18)19(2)16(20)12-6-5-7-13(10-12)17(21)22/h3-4,8-9,11-13H,5-7,10H2,1-2H3,(H,21,22). The van der Waals surface area contributed by atoms with Gasteiger partial charge >= 0.3 is 5.97 Å². The summed E-state index contributed by atoms with van der Waals surface area (Å²) in [5, 5.41) is 9.13. The molecule has 0 radical (unpaired) electrons. The number of carboxylic acid groups (broad SMARTS) is 1. The predicted molar refractivity (Wildman–Crippen MR) is 80.7 cm³/mol. The first-order chi connectivity index (χ1) is 10.4. The van der Waals surface area contributed by atoms with Gasteiger partial charge < -0.3 is 10.0 Å². The van der Waals surface area contributed by atoms with Gasteiger partial charge in [0.05, 0.1) is 12.0 Å². The van der Waals surface area contributed by atoms with Crippen molar-refractivity contribution in [1.29, 1.82) is 0 Å². The van der Waals surface area contributed by atoms with E-state index >= 15 is 0 Å². The van der Waals surface area contributed by atoms with E-state index in [4.69, 9.17) is 5.11 Å². The van der Waals surface area contributed by atoms with Gasteiger partial charge in [-0.25, -0.2) is 4.39 Å². The van der Waals surface area contributed by atoms with Gasteiger partial charge in [0.25, 0.3) is 0 Å². The number of benzene rings is 1. The highest BCUT2D eigenvalue weighted by atomic mass is 19.1. The van der Waals surface area contributed by atoms with Gasteiger partial charge in [-0.15, -0.1) is 0 Å². The zero-order valence-electron chi connectivity index (χ0n) is 13.0. The van der Waals surface area contributed by atoms with Crippen LogP contribution in [-0.2, 0) is 9.59 Å². The van der Waals surface area contributed by atoms with Gasteiger partial charge in [-0.1, -0.05) is 24.6 Å². The largest absolute Gasteiger partial charge is 0.481 e. The Labute approximate surface area is 129 Å². The van der Waals surface area contributed by atoms with Gasteiger partial charge in [0.2, 0.25) is 5.91 Å². The smallest absolute Gasteiger partial charge is 0.306 e. The number of amides is 1. The molecule has 3 atom stereocenters. The molecule has 1 saturated carbocycles. The first kappa shape index (κ1) is 16.5. The van der Waals surface area contributed by atoms with E-state index in [1.54, 1.807) is 32.2 Å². The summed E-state index contributed by atoms with van der Waals surface area (Å²) in [5.41, 5.74) is 0.476. The molecule has 0 spiro atoms. The topological polar surface area (TPSA) is 57.6 Å². The molecule has 1 aliphatic rings. The molecule has 1 N–H and O–H groups in total. The van der Waals surface area contributed by atoms with Crippen molar-refractivity contribution in [2.75, 3.05) is 7.05 Å². The van der Waals surface area contributed by atoms with Crippen LogP contribution in [0.1, 0.15) is 44.2 Å². The first-order valence-corrected chi connectivity index (χ1v) is 7.65. The van der Waals surface area contributed by atoms with Crippen molar-refractivity contribution < 1.29 is 19.1 Å². The van der Waals surface area contributed by atoms with Gasteiger partial charge in [0.15, 0.2) is 0 Å². The fourth-order valence-corrected chi connectivity index (χ4v) is 3.14. The van der Waals surface area contributed by atoms with Gasteiger partial charge in [-0.2, -0.15) is 0 Å². The van der Waals surface area contributed by atoms with E-state index in [2.05, 4.69) is 0 Å². The van der Waals surface area contributed by atoms with Gasteiger partial charge in [0.1, 0.15) is 5.82 Å². The Bertz CT molecular complexity index is 561. The minimum atomic E-state index is -0.831. The Morgan fingerprint density at radius 3 is 2.55 bits per heavy atom. The molecule has 120 valence electrons. The number of hydrogen-bond donors (Lipinski definition) is 1. The van der Waals surface area contributed by atoms with Crippen molar-refractivity contribution in [3.05, 3.63) is 35.6 Å². The third-order valence-corrected chi connectivity index (χ3v) is 4.66. The van der Waals surface area contributed by atoms with Crippen molar-refractivity contribution in [2.24, 2.45) is 11.8 Å². The molecular formula is C17H22FNO3. The maximum Gasteiger partial charge on any atom is 0.306 e. The highest BCUT2D eigenvalue weighted by Gasteiger charge is 2.33. The zero-order valence-corrected chi connectivity index (χ0v) is 13.0. The van der Waals surface area contributed by atoms with Gasteiger partial charge in [0, 0.05) is 18.5 Å². The number of nitrogens with zero attached hydrogens (tertiary/aromatic N) is 1. The van der Waals surface area contributed by atoms with Crippen LogP contribution in [0.5, 0.6) is 0 Å². The molecule has 22 heavy (non-hydrogen) atoms. The molecule has 1 fully saturated rings. The number of carbonyl (C=O) groups is 2. The normalized spacial score (nSPS) is 22.9. The summed E-state index contributed by atoms with van der Waals surface area (Å²) in [6.45, 7) is 1.79. The molecule has 4 nitrogen and oxygen atoms in total. The highest BCUT2D eigenvalue weighted by molar-refractivity contribution is 5.80. The SMILES string of the molecule is CC(c1ccccc1F)N(C)C(=O)C1CCCC(C(=O)O)C1. The van der Waals surface area contributed by atoms with E-state index < -0.39 is 11.9 Å². The molecule has 1 amide bonds. The summed E-state index contributed by atoms with van der Waals surface area (Å²) in [6, 6.07) is 6.04. The maximum atomic E-state index is 13.9. The molecule has 2 rings (SSSR count). The molecule has 0 bridgehead atoms. The summed E-state index contributed by atoms with van der Waals surface area (Å²) in [7, 11) is 1.66. The summed E-state index contributed by atoms with van der Waals surface area (Å²) in [4.78, 5) is 25.3. The minimum Gasteiger partial charge on any atom is -0.481 e. The second kappa shape index (κ2) is 6.90. The van der Waals surface area contributed by atoms with E-state index in [-0.39, 0.29) is 23.7 Å². The molecule has 1 aliphatic carbocycles. The lowest BCUT2D eigenvalue weighted by molar-refractivity contribution is -0.145. The summed E-state index contributed by atoms with van der Waals surface area (Å²) < 4.78 is 13.9. The Morgan fingerprint density at radius 1 is 1.27 bits per heavy atom. The van der Waals surface area contributed by atoms with Crippen LogP contribution in [0.2, 0.25) is 0 Å². The second-order valence-corrected chi connectivity index (χ2v) is 6.05. The van der Waals surface area contributed by atoms with Crippen molar-refractivity contribution in [2.45, 2.75) is 38.6 Å². The third-order valence-electron chi connectivity index (χ3n) is 4.66. The van der Waals surface area contributed by atoms with E-state index in [1.807, 2.05) is 0 Å². The number of halogens is 1. The fraction of sp³-hybridized carbons (Fsp3) is 0.529. The molecule has 0 aliphatic heterocycles. The molecule has 5 heteroatoms. The van der Waals surface area contributed by atoms with E-state index in [0.717, 1.165) is 6.42 Å². The number of hydrogen-bond acceptors (Lipinski definition) is 2. The van der Waals surface area contributed by atoms with Crippen LogP contribution in [-0.4, -0.2) is 28.9 Å². The predicted octanol–water partition coefficient (Wildman–Crippen LogP) is 3.24. The monoisotopic (exact) mass is 307 g/mol. The molecule has 3 unspecified atom stereocenters. The van der Waals surface area contributed by atoms with Crippen LogP contribution in [0.4, 0.5) is 4.39 Å². The van der Waals surface area contributed by atoms with Crippen molar-refractivity contribution in [3.63, 3.8) is 0 Å². The molecule has 0 saturated heterocycles. The zero-order chi connectivity index (χ0) is 16.3.